The number of nitrogens with zero attached hydrogens (tertiary/aromatic N) is 1. The first-order chi connectivity index (χ1) is 11.5. The number of rotatable bonds is 4. The molecule has 3 N–H and O–H groups in total. The molecule has 1 unspecified atom stereocenters. The van der Waals surface area contributed by atoms with E-state index in [1.165, 1.54) is 0 Å². The molecule has 6 heteroatoms. The SMILES string of the molecule is CC(=O)N1CCc2cc(NC(=O)CC(N)c3ccccc3)ccc21.Cl. The van der Waals surface area contributed by atoms with Crippen LogP contribution in [0.25, 0.3) is 0 Å². The predicted octanol–water partition coefficient (Wildman–Crippen LogP) is 3.05. The number of carbonyl (C=O) groups is 2. The van der Waals surface area contributed by atoms with Gasteiger partial charge in [-0.25, -0.2) is 0 Å². The van der Waals surface area contributed by atoms with Gasteiger partial charge in [0.25, 0.3) is 0 Å². The summed E-state index contributed by atoms with van der Waals surface area (Å²) < 4.78 is 0. The lowest BCUT2D eigenvalue weighted by Crippen LogP contribution is -2.25. The van der Waals surface area contributed by atoms with Crippen LogP contribution in [0.15, 0.2) is 48.5 Å². The highest BCUT2D eigenvalue weighted by atomic mass is 35.5. The molecule has 0 saturated heterocycles. The van der Waals surface area contributed by atoms with E-state index < -0.39 is 0 Å². The molecule has 0 saturated carbocycles. The first-order valence-electron chi connectivity index (χ1n) is 8.06. The predicted molar refractivity (Wildman–Crippen MR) is 102 cm³/mol. The van der Waals surface area contributed by atoms with Crippen LogP contribution in [0.3, 0.4) is 0 Å². The second-order valence-electron chi connectivity index (χ2n) is 6.03. The van der Waals surface area contributed by atoms with Crippen molar-refractivity contribution in [2.75, 3.05) is 16.8 Å². The van der Waals surface area contributed by atoms with Crippen LogP contribution in [-0.4, -0.2) is 18.4 Å². The summed E-state index contributed by atoms with van der Waals surface area (Å²) in [5, 5.41) is 2.89. The van der Waals surface area contributed by atoms with Gasteiger partial charge in [0.2, 0.25) is 11.8 Å². The van der Waals surface area contributed by atoms with Gasteiger partial charge in [0, 0.05) is 37.3 Å². The van der Waals surface area contributed by atoms with Gasteiger partial charge >= 0.3 is 0 Å². The minimum Gasteiger partial charge on any atom is -0.326 e. The lowest BCUT2D eigenvalue weighted by molar-refractivity contribution is -0.117. The smallest absolute Gasteiger partial charge is 0.226 e. The third-order valence-electron chi connectivity index (χ3n) is 4.27. The van der Waals surface area contributed by atoms with Gasteiger partial charge in [-0.15, -0.1) is 12.4 Å². The standard InChI is InChI=1S/C19H21N3O2.ClH/c1-13(23)22-10-9-15-11-16(7-8-18(15)22)21-19(24)12-17(20)14-5-3-2-4-6-14;/h2-8,11,17H,9-10,12,20H2,1H3,(H,21,24);1H. The summed E-state index contributed by atoms with van der Waals surface area (Å²) >= 11 is 0. The molecule has 3 rings (SSSR count). The van der Waals surface area contributed by atoms with Crippen LogP contribution in [0.1, 0.15) is 30.5 Å². The zero-order chi connectivity index (χ0) is 17.1. The average molecular weight is 360 g/mol. The number of hydrogen-bond donors (Lipinski definition) is 2. The van der Waals surface area contributed by atoms with E-state index >= 15 is 0 Å². The van der Waals surface area contributed by atoms with Gasteiger partial charge in [-0.3, -0.25) is 9.59 Å². The normalized spacial score (nSPS) is 13.6. The number of amides is 2. The molecule has 0 bridgehead atoms. The second kappa shape index (κ2) is 8.14. The topological polar surface area (TPSA) is 75.4 Å². The number of carbonyl (C=O) groups excluding carboxylic acids is 2. The molecule has 2 aromatic carbocycles. The molecule has 0 aromatic heterocycles. The number of hydrogen-bond acceptors (Lipinski definition) is 3. The molecule has 0 radical (unpaired) electrons. The van der Waals surface area contributed by atoms with E-state index in [1.807, 2.05) is 48.5 Å². The van der Waals surface area contributed by atoms with E-state index in [9.17, 15) is 9.59 Å². The first kappa shape index (κ1) is 19.0. The van der Waals surface area contributed by atoms with Crippen LogP contribution in [0.4, 0.5) is 11.4 Å². The van der Waals surface area contributed by atoms with Gasteiger partial charge in [0.05, 0.1) is 0 Å². The molecule has 2 amide bonds. The second-order valence-corrected chi connectivity index (χ2v) is 6.03. The summed E-state index contributed by atoms with van der Waals surface area (Å²) in [6.45, 7) is 2.26. The lowest BCUT2D eigenvalue weighted by Gasteiger charge is -2.15. The Balaban J connectivity index is 0.00000225. The quantitative estimate of drug-likeness (QED) is 0.881. The molecule has 1 heterocycles. The summed E-state index contributed by atoms with van der Waals surface area (Å²) in [6, 6.07) is 14.9. The summed E-state index contributed by atoms with van der Waals surface area (Å²) in [4.78, 5) is 25.5. The number of benzene rings is 2. The van der Waals surface area contributed by atoms with Crippen LogP contribution in [-0.2, 0) is 16.0 Å². The maximum atomic E-state index is 12.2. The van der Waals surface area contributed by atoms with Crippen molar-refractivity contribution in [3.63, 3.8) is 0 Å². The zero-order valence-electron chi connectivity index (χ0n) is 14.1. The Labute approximate surface area is 153 Å². The van der Waals surface area contributed by atoms with Gasteiger partial charge in [-0.2, -0.15) is 0 Å². The molecule has 2 aromatic rings. The molecular weight excluding hydrogens is 338 g/mol. The summed E-state index contributed by atoms with van der Waals surface area (Å²) in [5.74, 6) is -0.0768. The molecule has 1 aliphatic heterocycles. The van der Waals surface area contributed by atoms with Crippen molar-refractivity contribution >= 4 is 35.6 Å². The van der Waals surface area contributed by atoms with Crippen molar-refractivity contribution in [3.8, 4) is 0 Å². The molecule has 5 nitrogen and oxygen atoms in total. The average Bonchev–Trinajstić information content (AvgIpc) is 2.99. The molecule has 1 aliphatic rings. The third-order valence-corrected chi connectivity index (χ3v) is 4.27. The number of nitrogens with one attached hydrogen (secondary N) is 1. The Morgan fingerprint density at radius 1 is 1.20 bits per heavy atom. The number of nitrogens with two attached hydrogens (primary N) is 1. The van der Waals surface area contributed by atoms with E-state index in [1.54, 1.807) is 11.8 Å². The number of fused-ring (bicyclic) bond motifs is 1. The number of halogens is 1. The van der Waals surface area contributed by atoms with Crippen LogP contribution >= 0.6 is 12.4 Å². The Morgan fingerprint density at radius 3 is 2.60 bits per heavy atom. The van der Waals surface area contributed by atoms with Crippen molar-refractivity contribution in [3.05, 3.63) is 59.7 Å². The van der Waals surface area contributed by atoms with Gasteiger partial charge in [0.15, 0.2) is 0 Å². The third kappa shape index (κ3) is 4.38. The van der Waals surface area contributed by atoms with Gasteiger partial charge in [-0.1, -0.05) is 30.3 Å². The zero-order valence-corrected chi connectivity index (χ0v) is 14.9. The van der Waals surface area contributed by atoms with Crippen molar-refractivity contribution in [2.45, 2.75) is 25.8 Å². The summed E-state index contributed by atoms with van der Waals surface area (Å²) in [6.07, 6.45) is 1.03. The highest BCUT2D eigenvalue weighted by Crippen LogP contribution is 2.30. The fourth-order valence-corrected chi connectivity index (χ4v) is 3.04. The largest absolute Gasteiger partial charge is 0.326 e. The Morgan fingerprint density at radius 2 is 1.92 bits per heavy atom. The minimum atomic E-state index is -0.325. The highest BCUT2D eigenvalue weighted by molar-refractivity contribution is 5.95. The van der Waals surface area contributed by atoms with Crippen LogP contribution in [0.5, 0.6) is 0 Å². The fraction of sp³-hybridized carbons (Fsp3) is 0.263. The van der Waals surface area contributed by atoms with Crippen molar-refractivity contribution in [1.82, 2.24) is 0 Å². The molecule has 25 heavy (non-hydrogen) atoms. The van der Waals surface area contributed by atoms with E-state index in [4.69, 9.17) is 5.73 Å². The molecule has 1 atom stereocenters. The first-order valence-corrected chi connectivity index (χ1v) is 8.06. The monoisotopic (exact) mass is 359 g/mol. The van der Waals surface area contributed by atoms with Gasteiger partial charge in [0.1, 0.15) is 0 Å². The maximum Gasteiger partial charge on any atom is 0.226 e. The summed E-state index contributed by atoms with van der Waals surface area (Å²) in [5.41, 5.74) is 9.78. The van der Waals surface area contributed by atoms with E-state index in [-0.39, 0.29) is 36.7 Å². The van der Waals surface area contributed by atoms with E-state index in [0.29, 0.717) is 6.54 Å². The Hall–Kier alpha value is -2.37. The van der Waals surface area contributed by atoms with Gasteiger partial charge in [-0.05, 0) is 35.7 Å². The molecule has 0 fully saturated rings. The Kier molecular flexibility index (Phi) is 6.17. The van der Waals surface area contributed by atoms with Crippen LogP contribution in [0.2, 0.25) is 0 Å². The number of anilines is 2. The Bertz CT molecular complexity index is 765. The van der Waals surface area contributed by atoms with Crippen LogP contribution in [0, 0.1) is 0 Å². The minimum absolute atomic E-state index is 0. The summed E-state index contributed by atoms with van der Waals surface area (Å²) in [7, 11) is 0. The molecule has 132 valence electrons. The van der Waals surface area contributed by atoms with Gasteiger partial charge < -0.3 is 16.0 Å². The molecule has 0 aliphatic carbocycles. The molecular formula is C19H22ClN3O2. The highest BCUT2D eigenvalue weighted by Gasteiger charge is 2.22. The molecule has 0 spiro atoms. The van der Waals surface area contributed by atoms with Crippen molar-refractivity contribution in [2.24, 2.45) is 5.73 Å². The lowest BCUT2D eigenvalue weighted by atomic mass is 10.0. The van der Waals surface area contributed by atoms with E-state index in [2.05, 4.69) is 5.32 Å². The van der Waals surface area contributed by atoms with E-state index in [0.717, 1.165) is 28.9 Å². The van der Waals surface area contributed by atoms with Crippen molar-refractivity contribution in [1.29, 1.82) is 0 Å². The maximum absolute atomic E-state index is 12.2. The fourth-order valence-electron chi connectivity index (χ4n) is 3.04. The van der Waals surface area contributed by atoms with Crippen LogP contribution < -0.4 is 16.0 Å². The van der Waals surface area contributed by atoms with Crippen molar-refractivity contribution < 1.29 is 9.59 Å².